The first-order valence-corrected chi connectivity index (χ1v) is 11.8. The van der Waals surface area contributed by atoms with Crippen molar-refractivity contribution in [3.8, 4) is 5.75 Å². The first-order valence-electron chi connectivity index (χ1n) is 9.13. The van der Waals surface area contributed by atoms with Crippen molar-refractivity contribution in [2.45, 2.75) is 19.4 Å². The molecule has 156 valence electrons. The molecule has 8 nitrogen and oxygen atoms in total. The molecule has 0 aromatic heterocycles. The summed E-state index contributed by atoms with van der Waals surface area (Å²) in [6, 6.07) is 6.60. The number of sulfone groups is 1. The molecule has 0 bridgehead atoms. The van der Waals surface area contributed by atoms with Crippen molar-refractivity contribution < 1.29 is 27.5 Å². The SMILES string of the molecule is CCN(C(=O)CN1C(=O)S/C(=C\c2ccc(OC)cc2)C1=O)[C@H]1CCS(=O)(=O)C1. The fraction of sp³-hybridized carbons (Fsp3) is 0.421. The van der Waals surface area contributed by atoms with E-state index in [9.17, 15) is 22.8 Å². The standard InChI is InChI=1S/C19H22N2O6S2/c1-3-20(14-8-9-29(25,26)12-14)17(22)11-21-18(23)16(28-19(21)24)10-13-4-6-15(27-2)7-5-13/h4-7,10,14H,3,8-9,11-12H2,1-2H3/b16-10-/t14-/m0/s1. The smallest absolute Gasteiger partial charge is 0.294 e. The van der Waals surface area contributed by atoms with Crippen LogP contribution in [0.25, 0.3) is 6.08 Å². The Hall–Kier alpha value is -2.33. The van der Waals surface area contributed by atoms with Gasteiger partial charge in [0.25, 0.3) is 11.1 Å². The second-order valence-electron chi connectivity index (χ2n) is 6.78. The summed E-state index contributed by atoms with van der Waals surface area (Å²) in [5, 5.41) is -0.516. The average Bonchev–Trinajstić information content (AvgIpc) is 3.16. The maximum Gasteiger partial charge on any atom is 0.294 e. The van der Waals surface area contributed by atoms with Crippen molar-refractivity contribution in [2.24, 2.45) is 0 Å². The monoisotopic (exact) mass is 438 g/mol. The first-order chi connectivity index (χ1) is 13.7. The van der Waals surface area contributed by atoms with E-state index in [1.807, 2.05) is 0 Å². The molecule has 1 aromatic carbocycles. The van der Waals surface area contributed by atoms with Crippen molar-refractivity contribution in [1.82, 2.24) is 9.80 Å². The van der Waals surface area contributed by atoms with Crippen molar-refractivity contribution in [3.05, 3.63) is 34.7 Å². The van der Waals surface area contributed by atoms with E-state index in [1.165, 1.54) is 4.90 Å². The Morgan fingerprint density at radius 3 is 2.55 bits per heavy atom. The number of rotatable bonds is 6. The van der Waals surface area contributed by atoms with Crippen LogP contribution in [0.2, 0.25) is 0 Å². The lowest BCUT2D eigenvalue weighted by atomic mass is 10.2. The fourth-order valence-electron chi connectivity index (χ4n) is 3.37. The predicted octanol–water partition coefficient (Wildman–Crippen LogP) is 1.77. The van der Waals surface area contributed by atoms with Gasteiger partial charge in [-0.25, -0.2) is 8.42 Å². The molecule has 29 heavy (non-hydrogen) atoms. The highest BCUT2D eigenvalue weighted by Gasteiger charge is 2.39. The number of methoxy groups -OCH3 is 1. The number of amides is 3. The lowest BCUT2D eigenvalue weighted by Gasteiger charge is -2.28. The summed E-state index contributed by atoms with van der Waals surface area (Å²) in [6.07, 6.45) is 1.97. The van der Waals surface area contributed by atoms with Crippen molar-refractivity contribution in [2.75, 3.05) is 31.7 Å². The van der Waals surface area contributed by atoms with E-state index in [-0.39, 0.29) is 16.4 Å². The molecule has 10 heteroatoms. The minimum absolute atomic E-state index is 0.0492. The summed E-state index contributed by atoms with van der Waals surface area (Å²) in [5.41, 5.74) is 0.731. The van der Waals surface area contributed by atoms with E-state index >= 15 is 0 Å². The highest BCUT2D eigenvalue weighted by molar-refractivity contribution is 8.18. The molecule has 2 fully saturated rings. The summed E-state index contributed by atoms with van der Waals surface area (Å²) in [5.74, 6) is -0.310. The van der Waals surface area contributed by atoms with Gasteiger partial charge in [0.15, 0.2) is 9.84 Å². The van der Waals surface area contributed by atoms with E-state index in [4.69, 9.17) is 4.74 Å². The maximum atomic E-state index is 12.7. The molecule has 0 saturated carbocycles. The molecule has 3 amide bonds. The lowest BCUT2D eigenvalue weighted by molar-refractivity contribution is -0.137. The molecule has 0 spiro atoms. The largest absolute Gasteiger partial charge is 0.497 e. The third-order valence-electron chi connectivity index (χ3n) is 4.89. The number of hydrogen-bond acceptors (Lipinski definition) is 7. The third-order valence-corrected chi connectivity index (χ3v) is 7.55. The van der Waals surface area contributed by atoms with Crippen LogP contribution in [-0.2, 0) is 19.4 Å². The number of carbonyl (C=O) groups excluding carboxylic acids is 3. The van der Waals surface area contributed by atoms with Crippen LogP contribution in [0.1, 0.15) is 18.9 Å². The molecule has 2 aliphatic rings. The topological polar surface area (TPSA) is 101 Å². The van der Waals surface area contributed by atoms with Gasteiger partial charge in [0.1, 0.15) is 12.3 Å². The molecule has 0 N–H and O–H groups in total. The van der Waals surface area contributed by atoms with Gasteiger partial charge in [0.05, 0.1) is 23.5 Å². The Bertz CT molecular complexity index is 955. The Morgan fingerprint density at radius 1 is 1.31 bits per heavy atom. The first kappa shape index (κ1) is 21.4. The number of thioether (sulfide) groups is 1. The Morgan fingerprint density at radius 2 is 2.00 bits per heavy atom. The molecule has 2 aliphatic heterocycles. The quantitative estimate of drug-likeness (QED) is 0.624. The fourth-order valence-corrected chi connectivity index (χ4v) is 5.94. The predicted molar refractivity (Wildman–Crippen MR) is 110 cm³/mol. The van der Waals surface area contributed by atoms with Crippen LogP contribution >= 0.6 is 11.8 Å². The van der Waals surface area contributed by atoms with Gasteiger partial charge >= 0.3 is 0 Å². The summed E-state index contributed by atoms with van der Waals surface area (Å²) in [4.78, 5) is 40.2. The van der Waals surface area contributed by atoms with Crippen LogP contribution in [0.4, 0.5) is 4.79 Å². The second kappa shape index (κ2) is 8.58. The van der Waals surface area contributed by atoms with E-state index < -0.39 is 39.5 Å². The minimum Gasteiger partial charge on any atom is -0.497 e. The number of imide groups is 1. The van der Waals surface area contributed by atoms with Crippen LogP contribution in [0.3, 0.4) is 0 Å². The van der Waals surface area contributed by atoms with Crippen LogP contribution in [0, 0.1) is 0 Å². The molecule has 1 atom stereocenters. The second-order valence-corrected chi connectivity index (χ2v) is 10.00. The van der Waals surface area contributed by atoms with Gasteiger partial charge in [-0.05, 0) is 48.9 Å². The molecule has 1 aromatic rings. The number of likely N-dealkylation sites (N-methyl/N-ethyl adjacent to an activating group) is 1. The Kier molecular flexibility index (Phi) is 6.33. The molecule has 2 saturated heterocycles. The van der Waals surface area contributed by atoms with Gasteiger partial charge in [0.2, 0.25) is 5.91 Å². The molecule has 0 radical (unpaired) electrons. The van der Waals surface area contributed by atoms with Crippen molar-refractivity contribution >= 4 is 44.7 Å². The van der Waals surface area contributed by atoms with E-state index in [2.05, 4.69) is 0 Å². The van der Waals surface area contributed by atoms with Crippen LogP contribution in [0.5, 0.6) is 5.75 Å². The number of nitrogens with zero attached hydrogens (tertiary/aromatic N) is 2. The number of carbonyl (C=O) groups is 3. The van der Waals surface area contributed by atoms with Crippen molar-refractivity contribution in [1.29, 1.82) is 0 Å². The highest BCUT2D eigenvalue weighted by Crippen LogP contribution is 2.32. The van der Waals surface area contributed by atoms with E-state index in [0.29, 0.717) is 18.7 Å². The van der Waals surface area contributed by atoms with E-state index in [1.54, 1.807) is 44.4 Å². The molecule has 0 aliphatic carbocycles. The van der Waals surface area contributed by atoms with E-state index in [0.717, 1.165) is 22.2 Å². The van der Waals surface area contributed by atoms with Crippen molar-refractivity contribution in [3.63, 3.8) is 0 Å². The number of hydrogen-bond donors (Lipinski definition) is 0. The summed E-state index contributed by atoms with van der Waals surface area (Å²) in [6.45, 7) is 1.67. The van der Waals surface area contributed by atoms with Gasteiger partial charge in [-0.3, -0.25) is 19.3 Å². The minimum atomic E-state index is -3.14. The molecule has 2 heterocycles. The van der Waals surface area contributed by atoms with Crippen LogP contribution in [-0.4, -0.2) is 73.0 Å². The maximum absolute atomic E-state index is 12.7. The van der Waals surface area contributed by atoms with Gasteiger partial charge in [-0.2, -0.15) is 0 Å². The normalized spacial score (nSPS) is 22.3. The number of ether oxygens (including phenoxy) is 1. The zero-order valence-corrected chi connectivity index (χ0v) is 17.8. The summed E-state index contributed by atoms with van der Waals surface area (Å²) in [7, 11) is -1.59. The molecule has 0 unspecified atom stereocenters. The molecular weight excluding hydrogens is 416 g/mol. The number of benzene rings is 1. The molecule has 3 rings (SSSR count). The summed E-state index contributed by atoms with van der Waals surface area (Å²) < 4.78 is 28.5. The van der Waals surface area contributed by atoms with Gasteiger partial charge < -0.3 is 9.64 Å². The summed E-state index contributed by atoms with van der Waals surface area (Å²) >= 11 is 0.781. The van der Waals surface area contributed by atoms with Crippen LogP contribution in [0.15, 0.2) is 29.2 Å². The Labute approximate surface area is 173 Å². The zero-order valence-electron chi connectivity index (χ0n) is 16.2. The van der Waals surface area contributed by atoms with Crippen LogP contribution < -0.4 is 4.74 Å². The van der Waals surface area contributed by atoms with Gasteiger partial charge in [0, 0.05) is 12.6 Å². The average molecular weight is 439 g/mol. The molecular formula is C19H22N2O6S2. The zero-order chi connectivity index (χ0) is 21.2. The Balaban J connectivity index is 1.70. The highest BCUT2D eigenvalue weighted by atomic mass is 32.2. The lowest BCUT2D eigenvalue weighted by Crippen LogP contribution is -2.47. The third kappa shape index (κ3) is 4.81. The van der Waals surface area contributed by atoms with Gasteiger partial charge in [-0.15, -0.1) is 0 Å². The van der Waals surface area contributed by atoms with Gasteiger partial charge in [-0.1, -0.05) is 12.1 Å².